The Morgan fingerprint density at radius 2 is 1.74 bits per heavy atom. The number of rotatable bonds is 7. The van der Waals surface area contributed by atoms with E-state index < -0.39 is 35.6 Å². The van der Waals surface area contributed by atoms with Gasteiger partial charge < -0.3 is 39.0 Å². The number of anilines is 3. The molecule has 16 nitrogen and oxygen atoms in total. The summed E-state index contributed by atoms with van der Waals surface area (Å²) >= 11 is 0. The van der Waals surface area contributed by atoms with Crippen molar-refractivity contribution < 1.29 is 32.2 Å². The summed E-state index contributed by atoms with van der Waals surface area (Å²) in [4.78, 5) is 55.4. The Morgan fingerprint density at radius 1 is 0.885 bits per heavy atom. The lowest BCUT2D eigenvalue weighted by Crippen LogP contribution is -2.72. The second kappa shape index (κ2) is 15.0. The number of halogens is 3. The van der Waals surface area contributed by atoms with Crippen molar-refractivity contribution in [3.05, 3.63) is 78.0 Å². The highest BCUT2D eigenvalue weighted by atomic mass is 19.1. The number of aromatic nitrogens is 7. The average molecular weight is 837 g/mol. The molecule has 2 unspecified atom stereocenters. The molecule has 6 bridgehead atoms. The lowest BCUT2D eigenvalue weighted by molar-refractivity contribution is -0.140. The fourth-order valence-corrected chi connectivity index (χ4v) is 9.40. The van der Waals surface area contributed by atoms with Crippen LogP contribution in [0.3, 0.4) is 0 Å². The number of imidazole rings is 1. The molecule has 6 aromatic rings. The normalized spacial score (nSPS) is 22.8. The zero-order valence-electron chi connectivity index (χ0n) is 33.9. The molecule has 1 N–H and O–H groups in total. The molecule has 4 fully saturated rings. The number of amides is 2. The molecule has 4 aromatic heterocycles. The van der Waals surface area contributed by atoms with Crippen molar-refractivity contribution in [1.82, 2.24) is 44.1 Å². The Balaban J connectivity index is 1.09. The summed E-state index contributed by atoms with van der Waals surface area (Å²) in [5.74, 6) is -0.533. The number of carbonyl (C=O) groups excluding carboxylic acids is 2. The van der Waals surface area contributed by atoms with E-state index in [0.29, 0.717) is 84.2 Å². The van der Waals surface area contributed by atoms with E-state index in [0.717, 1.165) is 12.1 Å². The maximum Gasteiger partial charge on any atom is 0.245 e. The van der Waals surface area contributed by atoms with Gasteiger partial charge in [-0.15, -0.1) is 0 Å². The number of pyridine rings is 1. The average Bonchev–Trinajstić information content (AvgIpc) is 3.93. The highest BCUT2D eigenvalue weighted by molar-refractivity contribution is 5.95. The molecule has 2 amide bonds. The number of hydrogen-bond acceptors (Lipinski definition) is 12. The minimum absolute atomic E-state index is 0.0317. The van der Waals surface area contributed by atoms with Crippen LogP contribution in [0.4, 0.5) is 30.8 Å². The Morgan fingerprint density at radius 3 is 2.52 bits per heavy atom. The summed E-state index contributed by atoms with van der Waals surface area (Å²) in [5.41, 5.74) is 2.50. The van der Waals surface area contributed by atoms with Crippen molar-refractivity contribution in [1.29, 1.82) is 0 Å². The third kappa shape index (κ3) is 6.57. The van der Waals surface area contributed by atoms with Gasteiger partial charge in [0, 0.05) is 71.2 Å². The monoisotopic (exact) mass is 836 g/mol. The standard InChI is InChI=1S/C42H43F3N12O4/c1-22-47-32-14-24(44)12-28-31-6-5-7-36(49-31)48-25-15-34(40(58)52(2)20-27(61-4)21-54(22)37(28)32)55(18-25)38-29-17-46-57(33-9-8-23(43)13-30(33)45)39(29)51-42(50-38)56-26-16-35(56)41(59)53(19-26)10-11-60-3/h5-9,12-14,17,25-27,34-35H,10-11,15-16,18-21H2,1-4H3,(H,48,49)/t25?,26?,27-,34-,35+/m0/s1. The largest absolute Gasteiger partial charge is 0.383 e. The van der Waals surface area contributed by atoms with Gasteiger partial charge in [0.25, 0.3) is 0 Å². The highest BCUT2D eigenvalue weighted by Gasteiger charge is 2.52. The van der Waals surface area contributed by atoms with Crippen molar-refractivity contribution in [3.63, 3.8) is 0 Å². The molecule has 5 aliphatic rings. The van der Waals surface area contributed by atoms with Crippen LogP contribution in [0.25, 0.3) is 39.0 Å². The highest BCUT2D eigenvalue weighted by Crippen LogP contribution is 2.41. The lowest BCUT2D eigenvalue weighted by atomic mass is 9.87. The topological polar surface area (TPSA) is 152 Å². The van der Waals surface area contributed by atoms with Crippen molar-refractivity contribution >= 4 is 51.5 Å². The summed E-state index contributed by atoms with van der Waals surface area (Å²) in [6, 6.07) is 9.84. The van der Waals surface area contributed by atoms with Crippen LogP contribution >= 0.6 is 0 Å². The number of aryl methyl sites for hydroxylation is 1. The molecule has 5 atom stereocenters. The Labute approximate surface area is 347 Å². The van der Waals surface area contributed by atoms with Crippen molar-refractivity contribution in [2.45, 2.75) is 56.6 Å². The molecule has 5 aliphatic heterocycles. The first-order valence-corrected chi connectivity index (χ1v) is 20.2. The summed E-state index contributed by atoms with van der Waals surface area (Å²) in [5, 5.41) is 8.50. The van der Waals surface area contributed by atoms with Crippen LogP contribution in [0.1, 0.15) is 18.7 Å². The van der Waals surface area contributed by atoms with Gasteiger partial charge >= 0.3 is 0 Å². The summed E-state index contributed by atoms with van der Waals surface area (Å²) in [6.45, 7) is 3.95. The van der Waals surface area contributed by atoms with E-state index >= 15 is 8.78 Å². The zero-order chi connectivity index (χ0) is 42.3. The van der Waals surface area contributed by atoms with Gasteiger partial charge in [0.2, 0.25) is 17.8 Å². The number of ether oxygens (including phenoxy) is 2. The molecular weight excluding hydrogens is 794 g/mol. The van der Waals surface area contributed by atoms with Gasteiger partial charge in [-0.05, 0) is 50.1 Å². The van der Waals surface area contributed by atoms with E-state index in [9.17, 15) is 14.0 Å². The Bertz CT molecular complexity index is 2730. The smallest absolute Gasteiger partial charge is 0.245 e. The van der Waals surface area contributed by atoms with E-state index in [1.54, 1.807) is 31.1 Å². The maximum atomic E-state index is 15.4. The predicted molar refractivity (Wildman–Crippen MR) is 219 cm³/mol. The molecule has 19 heteroatoms. The van der Waals surface area contributed by atoms with Crippen molar-refractivity contribution in [2.75, 3.05) is 69.2 Å². The van der Waals surface area contributed by atoms with Crippen LogP contribution in [-0.2, 0) is 25.6 Å². The van der Waals surface area contributed by atoms with Gasteiger partial charge in [0.05, 0.1) is 53.6 Å². The number of nitrogens with one attached hydrogen (secondary N) is 1. The fraction of sp³-hybridized carbons (Fsp3) is 0.405. The Hall–Kier alpha value is -6.34. The van der Waals surface area contributed by atoms with E-state index in [-0.39, 0.29) is 54.3 Å². The van der Waals surface area contributed by atoms with Crippen LogP contribution < -0.4 is 15.1 Å². The number of hydrogen-bond donors (Lipinski definition) is 1. The molecule has 61 heavy (non-hydrogen) atoms. The number of piperazine rings is 1. The van der Waals surface area contributed by atoms with Crippen molar-refractivity contribution in [3.8, 4) is 16.9 Å². The number of likely N-dealkylation sites (N-methyl/N-ethyl adjacent to an activating group) is 1. The number of methoxy groups -OCH3 is 2. The SMILES string of the molecule is COCCN1CC2C[C@H](C1=O)N2c1nc(N2CC3C[C@H]2C(=O)N(C)C[C@H](OC)Cn2c(C)nc4cc(F)cc(c42)-c2cccc(n2)N3)c2cnn(-c3ccc(F)cc3F)c2n1. The van der Waals surface area contributed by atoms with E-state index in [4.69, 9.17) is 24.4 Å². The summed E-state index contributed by atoms with van der Waals surface area (Å²) in [6.07, 6.45) is 1.98. The minimum Gasteiger partial charge on any atom is -0.383 e. The lowest BCUT2D eigenvalue weighted by Gasteiger charge is -2.55. The molecule has 0 aliphatic carbocycles. The van der Waals surface area contributed by atoms with Crippen LogP contribution in [-0.4, -0.2) is 140 Å². The minimum atomic E-state index is -0.843. The van der Waals surface area contributed by atoms with E-state index in [1.165, 1.54) is 29.1 Å². The van der Waals surface area contributed by atoms with Crippen molar-refractivity contribution in [2.24, 2.45) is 0 Å². The first-order valence-electron chi connectivity index (χ1n) is 20.2. The van der Waals surface area contributed by atoms with Gasteiger partial charge in [-0.1, -0.05) is 6.07 Å². The molecule has 0 spiro atoms. The van der Waals surface area contributed by atoms with Gasteiger partial charge in [-0.3, -0.25) is 9.59 Å². The molecule has 4 saturated heterocycles. The first kappa shape index (κ1) is 38.8. The molecule has 0 radical (unpaired) electrons. The molecular formula is C42H43F3N12O4. The van der Waals surface area contributed by atoms with Gasteiger partial charge in [0.1, 0.15) is 46.9 Å². The Kier molecular flexibility index (Phi) is 9.54. The quantitative estimate of drug-likeness (QED) is 0.248. The number of nitrogens with zero attached hydrogens (tertiary/aromatic N) is 11. The first-order chi connectivity index (χ1) is 29.5. The maximum absolute atomic E-state index is 15.4. The molecule has 9 heterocycles. The summed E-state index contributed by atoms with van der Waals surface area (Å²) in [7, 11) is 4.91. The second-order valence-electron chi connectivity index (χ2n) is 16.1. The number of carbonyl (C=O) groups is 2. The molecule has 11 rings (SSSR count). The summed E-state index contributed by atoms with van der Waals surface area (Å²) < 4.78 is 59.2. The predicted octanol–water partition coefficient (Wildman–Crippen LogP) is 3.94. The molecule has 2 aromatic carbocycles. The zero-order valence-corrected chi connectivity index (χ0v) is 33.9. The van der Waals surface area contributed by atoms with Crippen LogP contribution in [0.5, 0.6) is 0 Å². The van der Waals surface area contributed by atoms with Gasteiger partial charge in [0.15, 0.2) is 11.5 Å². The van der Waals surface area contributed by atoms with Crippen LogP contribution in [0, 0.1) is 24.4 Å². The van der Waals surface area contributed by atoms with E-state index in [2.05, 4.69) is 15.4 Å². The second-order valence-corrected chi connectivity index (χ2v) is 16.1. The van der Waals surface area contributed by atoms with Gasteiger partial charge in [-0.25, -0.2) is 27.8 Å². The van der Waals surface area contributed by atoms with E-state index in [1.807, 2.05) is 39.5 Å². The number of piperidine rings is 1. The van der Waals surface area contributed by atoms with Crippen LogP contribution in [0.15, 0.2) is 54.7 Å². The third-order valence-electron chi connectivity index (χ3n) is 12.4. The molecule has 0 saturated carbocycles. The number of benzene rings is 2. The van der Waals surface area contributed by atoms with Crippen LogP contribution in [0.2, 0.25) is 0 Å². The van der Waals surface area contributed by atoms with Gasteiger partial charge in [-0.2, -0.15) is 15.1 Å². The fourth-order valence-electron chi connectivity index (χ4n) is 9.40. The third-order valence-corrected chi connectivity index (χ3v) is 12.4. The molecule has 316 valence electrons. The number of fused-ring (bicyclic) bond motifs is 8.